The molecule has 2 aromatic carbocycles. The molecule has 0 radical (unpaired) electrons. The smallest absolute Gasteiger partial charge is 0.251 e. The molecule has 6 nitrogen and oxygen atoms in total. The quantitative estimate of drug-likeness (QED) is 0.749. The second-order valence-electron chi connectivity index (χ2n) is 5.97. The van der Waals surface area contributed by atoms with Crippen LogP contribution in [0.2, 0.25) is 0 Å². The lowest BCUT2D eigenvalue weighted by Gasteiger charge is -2.26. The summed E-state index contributed by atoms with van der Waals surface area (Å²) in [7, 11) is -3.54. The lowest BCUT2D eigenvalue weighted by atomic mass is 10.2. The van der Waals surface area contributed by atoms with Crippen LogP contribution in [0.15, 0.2) is 51.8 Å². The maximum atomic E-state index is 13.5. The molecule has 1 amide bonds. The summed E-state index contributed by atoms with van der Waals surface area (Å²) >= 11 is 3.04. The Labute approximate surface area is 165 Å². The molecular formula is C18H18BrFN2O4S. The maximum absolute atomic E-state index is 13.5. The molecule has 0 bridgehead atoms. The molecule has 0 aromatic heterocycles. The number of rotatable bonds is 5. The Morgan fingerprint density at radius 2 is 1.81 bits per heavy atom. The molecule has 1 aliphatic rings. The first-order valence-corrected chi connectivity index (χ1v) is 10.5. The highest BCUT2D eigenvalue weighted by atomic mass is 79.9. The molecule has 0 atom stereocenters. The third-order valence-corrected chi connectivity index (χ3v) is 6.72. The van der Waals surface area contributed by atoms with Crippen LogP contribution in [-0.2, 0) is 21.3 Å². The Morgan fingerprint density at radius 3 is 2.44 bits per heavy atom. The van der Waals surface area contributed by atoms with E-state index in [0.29, 0.717) is 26.3 Å². The number of hydrogen-bond donors (Lipinski definition) is 1. The van der Waals surface area contributed by atoms with E-state index < -0.39 is 21.7 Å². The minimum absolute atomic E-state index is 0.203. The lowest BCUT2D eigenvalue weighted by molar-refractivity contribution is 0.0730. The molecule has 1 fully saturated rings. The average Bonchev–Trinajstić information content (AvgIpc) is 2.69. The van der Waals surface area contributed by atoms with Gasteiger partial charge in [-0.1, -0.05) is 12.1 Å². The summed E-state index contributed by atoms with van der Waals surface area (Å²) in [6.45, 7) is 1.65. The van der Waals surface area contributed by atoms with Gasteiger partial charge in [0.15, 0.2) is 0 Å². The van der Waals surface area contributed by atoms with Crippen LogP contribution in [0, 0.1) is 5.82 Å². The normalized spacial score (nSPS) is 15.5. The number of amides is 1. The molecule has 144 valence electrons. The Kier molecular flexibility index (Phi) is 6.25. The molecular weight excluding hydrogens is 439 g/mol. The van der Waals surface area contributed by atoms with Crippen molar-refractivity contribution in [3.05, 3.63) is 63.9 Å². The summed E-state index contributed by atoms with van der Waals surface area (Å²) in [5, 5.41) is 2.69. The van der Waals surface area contributed by atoms with Crippen LogP contribution in [0.3, 0.4) is 0 Å². The summed E-state index contributed by atoms with van der Waals surface area (Å²) in [6.07, 6.45) is 0. The molecule has 9 heteroatoms. The van der Waals surface area contributed by atoms with E-state index in [1.54, 1.807) is 12.1 Å². The minimum atomic E-state index is -3.54. The van der Waals surface area contributed by atoms with Crippen LogP contribution in [0.4, 0.5) is 4.39 Å². The number of carbonyl (C=O) groups excluding carboxylic acids is 1. The van der Waals surface area contributed by atoms with E-state index >= 15 is 0 Å². The van der Waals surface area contributed by atoms with Gasteiger partial charge in [-0.3, -0.25) is 4.79 Å². The molecule has 1 saturated heterocycles. The largest absolute Gasteiger partial charge is 0.379 e. The molecule has 3 rings (SSSR count). The number of benzene rings is 2. The topological polar surface area (TPSA) is 75.7 Å². The first-order chi connectivity index (χ1) is 12.9. The summed E-state index contributed by atoms with van der Waals surface area (Å²) in [5.41, 5.74) is 0.948. The van der Waals surface area contributed by atoms with Crippen LogP contribution in [0.25, 0.3) is 0 Å². The number of morpholine rings is 1. The zero-order valence-electron chi connectivity index (χ0n) is 14.3. The lowest BCUT2D eigenvalue weighted by Crippen LogP contribution is -2.40. The van der Waals surface area contributed by atoms with E-state index in [9.17, 15) is 17.6 Å². The third kappa shape index (κ3) is 4.73. The van der Waals surface area contributed by atoms with Crippen LogP contribution in [0.5, 0.6) is 0 Å². The van der Waals surface area contributed by atoms with Gasteiger partial charge in [-0.25, -0.2) is 12.8 Å². The second-order valence-corrected chi connectivity index (χ2v) is 8.76. The molecule has 27 heavy (non-hydrogen) atoms. The molecule has 0 unspecified atom stereocenters. The average molecular weight is 457 g/mol. The molecule has 0 saturated carbocycles. The SMILES string of the molecule is O=C(NCc1ccc(S(=O)(=O)N2CCOCC2)cc1)c1ccc(Br)c(F)c1. The molecule has 0 aliphatic carbocycles. The Balaban J connectivity index is 1.63. The highest BCUT2D eigenvalue weighted by Gasteiger charge is 2.26. The monoisotopic (exact) mass is 456 g/mol. The minimum Gasteiger partial charge on any atom is -0.379 e. The number of nitrogens with one attached hydrogen (secondary N) is 1. The first-order valence-electron chi connectivity index (χ1n) is 8.28. The van der Waals surface area contributed by atoms with Crippen molar-refractivity contribution in [2.45, 2.75) is 11.4 Å². The van der Waals surface area contributed by atoms with Crippen molar-refractivity contribution in [1.29, 1.82) is 0 Å². The van der Waals surface area contributed by atoms with Gasteiger partial charge < -0.3 is 10.1 Å². The molecule has 2 aromatic rings. The fourth-order valence-electron chi connectivity index (χ4n) is 2.64. The van der Waals surface area contributed by atoms with Gasteiger partial charge >= 0.3 is 0 Å². The van der Waals surface area contributed by atoms with Crippen LogP contribution >= 0.6 is 15.9 Å². The second kappa shape index (κ2) is 8.47. The van der Waals surface area contributed by atoms with E-state index in [2.05, 4.69) is 21.2 Å². The van der Waals surface area contributed by atoms with E-state index in [4.69, 9.17) is 4.74 Å². The van der Waals surface area contributed by atoms with Gasteiger partial charge in [-0.05, 0) is 51.8 Å². The Hall–Kier alpha value is -1.81. The molecule has 1 aliphatic heterocycles. The number of carbonyl (C=O) groups is 1. The summed E-state index contributed by atoms with van der Waals surface area (Å²) < 4.78 is 45.5. The van der Waals surface area contributed by atoms with Gasteiger partial charge in [0.1, 0.15) is 5.82 Å². The van der Waals surface area contributed by atoms with Gasteiger partial charge in [-0.15, -0.1) is 0 Å². The number of ether oxygens (including phenoxy) is 1. The predicted octanol–water partition coefficient (Wildman–Crippen LogP) is 2.54. The highest BCUT2D eigenvalue weighted by molar-refractivity contribution is 9.10. The van der Waals surface area contributed by atoms with Gasteiger partial charge in [0.2, 0.25) is 10.0 Å². The summed E-state index contributed by atoms with van der Waals surface area (Å²) in [5.74, 6) is -0.924. The van der Waals surface area contributed by atoms with Crippen molar-refractivity contribution >= 4 is 31.9 Å². The number of nitrogens with zero attached hydrogens (tertiary/aromatic N) is 1. The van der Waals surface area contributed by atoms with E-state index in [1.807, 2.05) is 0 Å². The fourth-order valence-corrected chi connectivity index (χ4v) is 4.29. The molecule has 0 spiro atoms. The van der Waals surface area contributed by atoms with Crippen molar-refractivity contribution < 1.29 is 22.3 Å². The van der Waals surface area contributed by atoms with Crippen LogP contribution in [-0.4, -0.2) is 44.9 Å². The van der Waals surface area contributed by atoms with Gasteiger partial charge in [0.05, 0.1) is 22.6 Å². The third-order valence-electron chi connectivity index (χ3n) is 4.17. The van der Waals surface area contributed by atoms with Crippen molar-refractivity contribution in [2.24, 2.45) is 0 Å². The number of halogens is 2. The zero-order valence-corrected chi connectivity index (χ0v) is 16.7. The summed E-state index contributed by atoms with van der Waals surface area (Å²) in [6, 6.07) is 10.5. The van der Waals surface area contributed by atoms with Gasteiger partial charge in [0.25, 0.3) is 5.91 Å². The molecule has 1 N–H and O–H groups in total. The maximum Gasteiger partial charge on any atom is 0.251 e. The van der Waals surface area contributed by atoms with Gasteiger partial charge in [0, 0.05) is 25.2 Å². The van der Waals surface area contributed by atoms with Crippen molar-refractivity contribution in [2.75, 3.05) is 26.3 Å². The number of sulfonamides is 1. The predicted molar refractivity (Wildman–Crippen MR) is 101 cm³/mol. The van der Waals surface area contributed by atoms with E-state index in [0.717, 1.165) is 11.6 Å². The van der Waals surface area contributed by atoms with Crippen LogP contribution < -0.4 is 5.32 Å². The van der Waals surface area contributed by atoms with E-state index in [1.165, 1.54) is 28.6 Å². The van der Waals surface area contributed by atoms with Crippen LogP contribution in [0.1, 0.15) is 15.9 Å². The standard InChI is InChI=1S/C18H18BrFN2O4S/c19-16-6-3-14(11-17(16)20)18(23)21-12-13-1-4-15(5-2-13)27(24,25)22-7-9-26-10-8-22/h1-6,11H,7-10,12H2,(H,21,23). The Bertz CT molecular complexity index is 929. The highest BCUT2D eigenvalue weighted by Crippen LogP contribution is 2.18. The first kappa shape index (κ1) is 19.9. The van der Waals surface area contributed by atoms with E-state index in [-0.39, 0.29) is 21.5 Å². The van der Waals surface area contributed by atoms with Crippen molar-refractivity contribution in [1.82, 2.24) is 9.62 Å². The Morgan fingerprint density at radius 1 is 1.15 bits per heavy atom. The fraction of sp³-hybridized carbons (Fsp3) is 0.278. The van der Waals surface area contributed by atoms with Crippen molar-refractivity contribution in [3.8, 4) is 0 Å². The van der Waals surface area contributed by atoms with Crippen molar-refractivity contribution in [3.63, 3.8) is 0 Å². The number of hydrogen-bond acceptors (Lipinski definition) is 4. The van der Waals surface area contributed by atoms with Gasteiger partial charge in [-0.2, -0.15) is 4.31 Å². The molecule has 1 heterocycles. The zero-order chi connectivity index (χ0) is 19.4. The summed E-state index contributed by atoms with van der Waals surface area (Å²) in [4.78, 5) is 12.3.